The van der Waals surface area contributed by atoms with E-state index in [0.29, 0.717) is 36.1 Å². The number of piperidine rings is 2. The van der Waals surface area contributed by atoms with Crippen molar-refractivity contribution >= 4 is 41.4 Å². The van der Waals surface area contributed by atoms with Crippen molar-refractivity contribution in [2.24, 2.45) is 9.98 Å². The van der Waals surface area contributed by atoms with Gasteiger partial charge in [0.05, 0.1) is 11.5 Å². The lowest BCUT2D eigenvalue weighted by Gasteiger charge is -2.40. The molecule has 2 unspecified atom stereocenters. The van der Waals surface area contributed by atoms with Crippen LogP contribution in [0.2, 0.25) is 0 Å². The molecule has 1 saturated carbocycles. The van der Waals surface area contributed by atoms with Gasteiger partial charge >= 0.3 is 0 Å². The molecule has 0 spiro atoms. The van der Waals surface area contributed by atoms with E-state index in [1.807, 2.05) is 36.2 Å². The lowest BCUT2D eigenvalue weighted by molar-refractivity contribution is -0.134. The molecule has 290 valence electrons. The number of allylic oxidation sites excluding steroid dienone is 1. The zero-order valence-corrected chi connectivity index (χ0v) is 32.0. The van der Waals surface area contributed by atoms with Gasteiger partial charge < -0.3 is 25.1 Å². The molecule has 0 bridgehead atoms. The van der Waals surface area contributed by atoms with Crippen LogP contribution >= 0.6 is 0 Å². The lowest BCUT2D eigenvalue weighted by Crippen LogP contribution is -2.51. The number of hydrogen-bond acceptors (Lipinski definition) is 11. The van der Waals surface area contributed by atoms with Gasteiger partial charge in [-0.3, -0.25) is 24.6 Å². The Bertz CT molecular complexity index is 1890. The number of aliphatic hydroxyl groups excluding tert-OH is 1. The number of aliphatic hydroxyl groups is 1. The molecule has 13 heteroatoms. The van der Waals surface area contributed by atoms with E-state index >= 15 is 0 Å². The predicted octanol–water partition coefficient (Wildman–Crippen LogP) is 4.72. The second-order valence-corrected chi connectivity index (χ2v) is 15.9. The largest absolute Gasteiger partial charge is 0.512 e. The second-order valence-electron chi connectivity index (χ2n) is 15.9. The zero-order valence-electron chi connectivity index (χ0n) is 32.0. The smallest absolute Gasteiger partial charge is 0.259 e. The summed E-state index contributed by atoms with van der Waals surface area (Å²) in [5, 5.41) is 16.1. The van der Waals surface area contributed by atoms with Crippen LogP contribution in [-0.2, 0) is 14.4 Å². The van der Waals surface area contributed by atoms with Gasteiger partial charge in [0.2, 0.25) is 17.8 Å². The number of pyridine rings is 1. The maximum atomic E-state index is 13.6. The first-order chi connectivity index (χ1) is 26.7. The Labute approximate surface area is 323 Å². The molecule has 1 aromatic carbocycles. The quantitative estimate of drug-likeness (QED) is 0.199. The Morgan fingerprint density at radius 2 is 1.56 bits per heavy atom. The second kappa shape index (κ2) is 16.1. The minimum Gasteiger partial charge on any atom is -0.512 e. The van der Waals surface area contributed by atoms with Gasteiger partial charge in [0, 0.05) is 75.4 Å². The average Bonchev–Trinajstić information content (AvgIpc) is 3.73. The number of guanidine groups is 1. The average molecular weight is 748 g/mol. The molecule has 3 N–H and O–H groups in total. The molecular weight excluding hydrogens is 695 g/mol. The van der Waals surface area contributed by atoms with Gasteiger partial charge in [-0.15, -0.1) is 0 Å². The first-order valence-corrected chi connectivity index (χ1v) is 20.1. The third kappa shape index (κ3) is 7.95. The van der Waals surface area contributed by atoms with Gasteiger partial charge in [0.15, 0.2) is 6.17 Å². The third-order valence-corrected chi connectivity index (χ3v) is 12.5. The number of likely N-dealkylation sites (tertiary alicyclic amines) is 1. The molecule has 6 heterocycles. The monoisotopic (exact) mass is 747 g/mol. The maximum absolute atomic E-state index is 13.6. The van der Waals surface area contributed by atoms with Gasteiger partial charge in [-0.2, -0.15) is 0 Å². The highest BCUT2D eigenvalue weighted by Crippen LogP contribution is 2.37. The molecule has 13 nitrogen and oxygen atoms in total. The summed E-state index contributed by atoms with van der Waals surface area (Å²) in [6, 6.07) is 12.6. The fourth-order valence-electron chi connectivity index (χ4n) is 9.27. The number of hydrogen-bond donors (Lipinski definition) is 3. The van der Waals surface area contributed by atoms with Crippen LogP contribution in [0.1, 0.15) is 88.2 Å². The number of anilines is 2. The topological polar surface area (TPSA) is 146 Å². The standard InChI is InChI=1S/C42H53N9O4/c1-27-35-26-44-42(47-39(35)51(33-5-3-4-6-33)41(55)38(27)28(2)52)45-36-13-9-31(25-43-36)29-15-17-48(18-16-29)19-20-49-21-23-50(24-22-49)32-10-7-30(8-11-32)34-12-14-37(53)46-40(34)54/h7-11,13,25-26,29,33-34,39,52H,3-6,12,14-24H2,1-2H3,(H,43,45,47)(H,46,53,54)/b38-28+. The molecule has 6 aliphatic rings. The van der Waals surface area contributed by atoms with E-state index in [9.17, 15) is 19.5 Å². The minimum absolute atomic E-state index is 0.0358. The molecule has 1 aromatic heterocycles. The van der Waals surface area contributed by atoms with E-state index in [2.05, 4.69) is 48.5 Å². The maximum Gasteiger partial charge on any atom is 0.259 e. The van der Waals surface area contributed by atoms with Crippen LogP contribution in [0.25, 0.3) is 0 Å². The van der Waals surface area contributed by atoms with Crippen LogP contribution in [0.4, 0.5) is 11.5 Å². The van der Waals surface area contributed by atoms with Crippen LogP contribution in [-0.4, -0.2) is 119 Å². The van der Waals surface area contributed by atoms with Crippen molar-refractivity contribution in [1.29, 1.82) is 0 Å². The summed E-state index contributed by atoms with van der Waals surface area (Å²) < 4.78 is 0. The fraction of sp³-hybridized carbons (Fsp3) is 0.524. The number of nitrogens with zero attached hydrogens (tertiary/aromatic N) is 7. The minimum atomic E-state index is -0.467. The summed E-state index contributed by atoms with van der Waals surface area (Å²) in [6.45, 7) is 11.8. The molecule has 1 aliphatic carbocycles. The number of carbonyl (C=O) groups is 3. The first-order valence-electron chi connectivity index (χ1n) is 20.1. The Hall–Kier alpha value is -4.88. The fourth-order valence-corrected chi connectivity index (χ4v) is 9.27. The molecule has 4 fully saturated rings. The Kier molecular flexibility index (Phi) is 10.8. The Morgan fingerprint density at radius 1 is 0.873 bits per heavy atom. The summed E-state index contributed by atoms with van der Waals surface area (Å²) in [5.74, 6) is 0.860. The number of amides is 3. The van der Waals surface area contributed by atoms with Gasteiger partial charge in [0.25, 0.3) is 5.91 Å². The summed E-state index contributed by atoms with van der Waals surface area (Å²) in [7, 11) is 0. The number of rotatable bonds is 8. The zero-order chi connectivity index (χ0) is 38.1. The number of carbonyl (C=O) groups excluding carboxylic acids is 3. The lowest BCUT2D eigenvalue weighted by atomic mass is 9.90. The van der Waals surface area contributed by atoms with E-state index in [0.717, 1.165) is 108 Å². The normalized spacial score (nSPS) is 25.6. The first kappa shape index (κ1) is 37.1. The van der Waals surface area contributed by atoms with Gasteiger partial charge in [-0.1, -0.05) is 31.0 Å². The Morgan fingerprint density at radius 3 is 2.22 bits per heavy atom. The number of aliphatic imine (C=N–C) groups is 2. The molecule has 5 aliphatic heterocycles. The molecule has 0 radical (unpaired) electrons. The highest BCUT2D eigenvalue weighted by atomic mass is 16.3. The van der Waals surface area contributed by atoms with Crippen LogP contribution in [0.15, 0.2) is 75.1 Å². The van der Waals surface area contributed by atoms with E-state index in [4.69, 9.17) is 9.98 Å². The molecule has 8 rings (SSSR count). The van der Waals surface area contributed by atoms with E-state index in [-0.39, 0.29) is 35.4 Å². The molecule has 2 atom stereocenters. The van der Waals surface area contributed by atoms with Crippen LogP contribution in [0.5, 0.6) is 0 Å². The highest BCUT2D eigenvalue weighted by molar-refractivity contribution is 6.09. The van der Waals surface area contributed by atoms with Crippen molar-refractivity contribution in [3.05, 3.63) is 76.2 Å². The van der Waals surface area contributed by atoms with Crippen molar-refractivity contribution in [2.75, 3.05) is 62.6 Å². The third-order valence-electron chi connectivity index (χ3n) is 12.5. The number of nitrogens with one attached hydrogen (secondary N) is 2. The van der Waals surface area contributed by atoms with E-state index < -0.39 is 6.17 Å². The number of benzene rings is 1. The summed E-state index contributed by atoms with van der Waals surface area (Å²) in [6.07, 6.45) is 10.5. The number of piperazine rings is 1. The van der Waals surface area contributed by atoms with Crippen LogP contribution in [0.3, 0.4) is 0 Å². The van der Waals surface area contributed by atoms with Gasteiger partial charge in [-0.25, -0.2) is 15.0 Å². The predicted molar refractivity (Wildman–Crippen MR) is 213 cm³/mol. The van der Waals surface area contributed by atoms with Crippen LogP contribution in [0, 0.1) is 0 Å². The molecule has 2 aromatic rings. The molecular formula is C42H53N9O4. The van der Waals surface area contributed by atoms with Crippen LogP contribution < -0.4 is 15.5 Å². The van der Waals surface area contributed by atoms with E-state index in [1.165, 1.54) is 11.3 Å². The SMILES string of the molecule is CC1=C2C=NC(Nc3ccc(C4CCN(CCN5CCN(c6ccc(C7CCC(=O)NC7=O)cc6)CC5)CC4)cn3)=NC2N(C2CCCC2)C(=O)/C1=C(\C)O. The molecule has 3 amide bonds. The van der Waals surface area contributed by atoms with Crippen molar-refractivity contribution in [3.8, 4) is 0 Å². The van der Waals surface area contributed by atoms with Crippen molar-refractivity contribution in [1.82, 2.24) is 25.0 Å². The van der Waals surface area contributed by atoms with Gasteiger partial charge in [0.1, 0.15) is 11.6 Å². The number of imide groups is 1. The Balaban J connectivity index is 0.790. The highest BCUT2D eigenvalue weighted by Gasteiger charge is 2.42. The van der Waals surface area contributed by atoms with Crippen molar-refractivity contribution < 1.29 is 19.5 Å². The van der Waals surface area contributed by atoms with Crippen molar-refractivity contribution in [3.63, 3.8) is 0 Å². The summed E-state index contributed by atoms with van der Waals surface area (Å²) in [5.41, 5.74) is 5.37. The molecule has 55 heavy (non-hydrogen) atoms. The summed E-state index contributed by atoms with van der Waals surface area (Å²) in [4.78, 5) is 61.1. The van der Waals surface area contributed by atoms with E-state index in [1.54, 1.807) is 13.1 Å². The molecule has 3 saturated heterocycles. The summed E-state index contributed by atoms with van der Waals surface area (Å²) >= 11 is 0. The van der Waals surface area contributed by atoms with Crippen molar-refractivity contribution in [2.45, 2.75) is 89.3 Å². The number of fused-ring (bicyclic) bond motifs is 1. The van der Waals surface area contributed by atoms with Gasteiger partial charge in [-0.05, 0) is 99.9 Å². The number of aromatic nitrogens is 1.